The number of amides is 1. The van der Waals surface area contributed by atoms with Gasteiger partial charge in [-0.15, -0.1) is 0 Å². The predicted octanol–water partition coefficient (Wildman–Crippen LogP) is 4.04. The van der Waals surface area contributed by atoms with Gasteiger partial charge in [-0.2, -0.15) is 5.10 Å². The molecule has 2 aromatic carbocycles. The molecule has 1 atom stereocenters. The van der Waals surface area contributed by atoms with E-state index >= 15 is 0 Å². The maximum atomic E-state index is 13.4. The first-order valence-electron chi connectivity index (χ1n) is 12.1. The molecule has 1 aliphatic heterocycles. The van der Waals surface area contributed by atoms with Gasteiger partial charge in [-0.3, -0.25) is 9.69 Å². The maximum absolute atomic E-state index is 13.4. The van der Waals surface area contributed by atoms with Crippen molar-refractivity contribution >= 4 is 5.91 Å². The van der Waals surface area contributed by atoms with E-state index in [2.05, 4.69) is 34.4 Å². The van der Waals surface area contributed by atoms with Crippen LogP contribution in [0.25, 0.3) is 5.69 Å². The number of carbonyl (C=O) groups excluding carboxylic acids is 1. The largest absolute Gasteiger partial charge is 0.376 e. The highest BCUT2D eigenvalue weighted by atomic mass is 19.1. The van der Waals surface area contributed by atoms with Crippen molar-refractivity contribution in [2.75, 3.05) is 19.7 Å². The van der Waals surface area contributed by atoms with Crippen molar-refractivity contribution in [3.05, 3.63) is 82.4 Å². The van der Waals surface area contributed by atoms with Crippen LogP contribution in [0.15, 0.2) is 48.5 Å². The normalized spacial score (nSPS) is 18.5. The van der Waals surface area contributed by atoms with Crippen molar-refractivity contribution in [1.82, 2.24) is 20.0 Å². The second-order valence-electron chi connectivity index (χ2n) is 9.29. The van der Waals surface area contributed by atoms with Crippen molar-refractivity contribution in [2.24, 2.45) is 0 Å². The average molecular weight is 463 g/mol. The van der Waals surface area contributed by atoms with Crippen LogP contribution in [0.5, 0.6) is 0 Å². The molecule has 0 bridgehead atoms. The van der Waals surface area contributed by atoms with Gasteiger partial charge in [0.1, 0.15) is 5.82 Å². The van der Waals surface area contributed by atoms with Crippen LogP contribution in [0.3, 0.4) is 0 Å². The highest BCUT2D eigenvalue weighted by molar-refractivity contribution is 5.94. The van der Waals surface area contributed by atoms with Gasteiger partial charge in [-0.05, 0) is 68.0 Å². The molecule has 1 amide bonds. The summed E-state index contributed by atoms with van der Waals surface area (Å²) in [5, 5.41) is 7.74. The molecule has 34 heavy (non-hydrogen) atoms. The van der Waals surface area contributed by atoms with Crippen LogP contribution in [0.1, 0.15) is 52.6 Å². The van der Waals surface area contributed by atoms with E-state index < -0.39 is 0 Å². The molecule has 0 spiro atoms. The molecule has 2 aliphatic rings. The lowest BCUT2D eigenvalue weighted by Gasteiger charge is -2.31. The van der Waals surface area contributed by atoms with E-state index in [4.69, 9.17) is 4.74 Å². The van der Waals surface area contributed by atoms with Crippen LogP contribution >= 0.6 is 0 Å². The number of hydrogen-bond acceptors (Lipinski definition) is 4. The first-order valence-corrected chi connectivity index (χ1v) is 12.1. The summed E-state index contributed by atoms with van der Waals surface area (Å²) < 4.78 is 20.9. The average Bonchev–Trinajstić information content (AvgIpc) is 3.23. The Morgan fingerprint density at radius 2 is 1.94 bits per heavy atom. The van der Waals surface area contributed by atoms with Crippen molar-refractivity contribution in [3.63, 3.8) is 0 Å². The van der Waals surface area contributed by atoms with Gasteiger partial charge in [0.25, 0.3) is 5.91 Å². The number of nitrogens with one attached hydrogen (secondary N) is 1. The first kappa shape index (κ1) is 22.7. The zero-order valence-corrected chi connectivity index (χ0v) is 19.6. The molecule has 1 N–H and O–H groups in total. The summed E-state index contributed by atoms with van der Waals surface area (Å²) in [7, 11) is 0. The summed E-state index contributed by atoms with van der Waals surface area (Å²) in [6, 6.07) is 14.6. The second-order valence-corrected chi connectivity index (χ2v) is 9.29. The molecule has 1 aliphatic carbocycles. The molecule has 1 unspecified atom stereocenters. The summed E-state index contributed by atoms with van der Waals surface area (Å²) in [6.07, 6.45) is 4.08. The molecule has 0 radical (unpaired) electrons. The lowest BCUT2D eigenvalue weighted by Crippen LogP contribution is -2.40. The lowest BCUT2D eigenvalue weighted by molar-refractivity contribution is -0.0212. The van der Waals surface area contributed by atoms with Crippen molar-refractivity contribution in [3.8, 4) is 5.69 Å². The molecule has 3 aromatic rings. The fourth-order valence-electron chi connectivity index (χ4n) is 4.97. The second kappa shape index (κ2) is 10.1. The van der Waals surface area contributed by atoms with Crippen molar-refractivity contribution in [1.29, 1.82) is 0 Å². The quantitative estimate of drug-likeness (QED) is 0.601. The number of aromatic nitrogens is 2. The molecule has 5 rings (SSSR count). The summed E-state index contributed by atoms with van der Waals surface area (Å²) >= 11 is 0. The summed E-state index contributed by atoms with van der Waals surface area (Å²) in [6.45, 7) is 6.07. The van der Waals surface area contributed by atoms with Crippen molar-refractivity contribution in [2.45, 2.75) is 51.8 Å². The Bertz CT molecular complexity index is 1160. The topological polar surface area (TPSA) is 59.4 Å². The molecule has 1 aromatic heterocycles. The molecular weight excluding hydrogens is 431 g/mol. The predicted molar refractivity (Wildman–Crippen MR) is 128 cm³/mol. The molecule has 1 fully saturated rings. The van der Waals surface area contributed by atoms with E-state index in [1.165, 1.54) is 17.7 Å². The maximum Gasteiger partial charge on any atom is 0.272 e. The van der Waals surface area contributed by atoms with Gasteiger partial charge in [-0.1, -0.05) is 24.3 Å². The van der Waals surface area contributed by atoms with Crippen LogP contribution in [-0.4, -0.2) is 46.4 Å². The van der Waals surface area contributed by atoms with E-state index in [0.29, 0.717) is 12.2 Å². The van der Waals surface area contributed by atoms with E-state index in [9.17, 15) is 9.18 Å². The van der Waals surface area contributed by atoms with Crippen LogP contribution in [0.2, 0.25) is 0 Å². The number of benzene rings is 2. The number of rotatable bonds is 6. The van der Waals surface area contributed by atoms with Gasteiger partial charge in [0.15, 0.2) is 5.69 Å². The number of halogens is 1. The third-order valence-corrected chi connectivity index (χ3v) is 6.64. The number of nitrogens with zero attached hydrogens (tertiary/aromatic N) is 3. The van der Waals surface area contributed by atoms with Crippen LogP contribution in [0, 0.1) is 5.82 Å². The Hall–Kier alpha value is -3.03. The number of ether oxygens (including phenoxy) is 1. The van der Waals surface area contributed by atoms with Gasteiger partial charge < -0.3 is 10.1 Å². The Labute approximate surface area is 199 Å². The minimum atomic E-state index is -0.284. The van der Waals surface area contributed by atoms with Gasteiger partial charge in [0, 0.05) is 37.4 Å². The van der Waals surface area contributed by atoms with Gasteiger partial charge >= 0.3 is 0 Å². The number of fused-ring (bicyclic) bond motifs is 1. The number of morpholine rings is 1. The summed E-state index contributed by atoms with van der Waals surface area (Å²) in [4.78, 5) is 15.6. The van der Waals surface area contributed by atoms with Crippen LogP contribution in [0.4, 0.5) is 4.39 Å². The third kappa shape index (κ3) is 5.05. The van der Waals surface area contributed by atoms with Crippen LogP contribution in [-0.2, 0) is 30.7 Å². The fourth-order valence-corrected chi connectivity index (χ4v) is 4.97. The Morgan fingerprint density at radius 1 is 1.15 bits per heavy atom. The SMILES string of the molecule is CC1CN(Cc2cccc(CNC(=O)c3nn(-c4ccc(F)cc4)c4c3CCCC4)c2)CCO1. The summed E-state index contributed by atoms with van der Waals surface area (Å²) in [5.41, 5.74) is 5.65. The zero-order valence-electron chi connectivity index (χ0n) is 19.6. The third-order valence-electron chi connectivity index (χ3n) is 6.64. The van der Waals surface area contributed by atoms with Gasteiger partial charge in [0.05, 0.1) is 18.4 Å². The molecule has 0 saturated carbocycles. The molecule has 2 heterocycles. The Morgan fingerprint density at radius 3 is 2.76 bits per heavy atom. The fraction of sp³-hybridized carbons (Fsp3) is 0.407. The number of carbonyl (C=O) groups is 1. The minimum Gasteiger partial charge on any atom is -0.376 e. The highest BCUT2D eigenvalue weighted by Gasteiger charge is 2.25. The van der Waals surface area contributed by atoms with E-state index in [0.717, 1.165) is 74.4 Å². The molecular formula is C27H31FN4O2. The Balaban J connectivity index is 1.29. The lowest BCUT2D eigenvalue weighted by atomic mass is 9.95. The monoisotopic (exact) mass is 462 g/mol. The zero-order chi connectivity index (χ0) is 23.5. The van der Waals surface area contributed by atoms with E-state index in [1.54, 1.807) is 12.1 Å². The molecule has 6 nitrogen and oxygen atoms in total. The van der Waals surface area contributed by atoms with Gasteiger partial charge in [-0.25, -0.2) is 9.07 Å². The van der Waals surface area contributed by atoms with E-state index in [1.807, 2.05) is 16.8 Å². The summed E-state index contributed by atoms with van der Waals surface area (Å²) in [5.74, 6) is -0.445. The van der Waals surface area contributed by atoms with E-state index in [-0.39, 0.29) is 17.8 Å². The molecule has 178 valence electrons. The van der Waals surface area contributed by atoms with Crippen molar-refractivity contribution < 1.29 is 13.9 Å². The van der Waals surface area contributed by atoms with Crippen LogP contribution < -0.4 is 5.32 Å². The molecule has 7 heteroatoms. The first-order chi connectivity index (χ1) is 16.6. The smallest absolute Gasteiger partial charge is 0.272 e. The standard InChI is InChI=1S/C27H31FN4O2/c1-19-17-31(13-14-34-19)18-21-6-4-5-20(15-21)16-29-27(33)26-24-7-2-3-8-25(24)32(30-26)23-11-9-22(28)10-12-23/h4-6,9-12,15,19H,2-3,7-8,13-14,16-18H2,1H3,(H,29,33). The Kier molecular flexibility index (Phi) is 6.74. The highest BCUT2D eigenvalue weighted by Crippen LogP contribution is 2.27. The molecule has 1 saturated heterocycles. The van der Waals surface area contributed by atoms with Gasteiger partial charge in [0.2, 0.25) is 0 Å². The minimum absolute atomic E-state index is 0.161. The number of hydrogen-bond donors (Lipinski definition) is 1.